The topological polar surface area (TPSA) is 90.2 Å². The third kappa shape index (κ3) is 4.96. The molecule has 2 aliphatic heterocycles. The number of aromatic nitrogens is 4. The van der Waals surface area contributed by atoms with Gasteiger partial charge in [-0.1, -0.05) is 35.6 Å². The number of fused-ring (bicyclic) bond motifs is 1. The Kier molecular flexibility index (Phi) is 6.57. The molecule has 3 aromatic rings. The van der Waals surface area contributed by atoms with Gasteiger partial charge >= 0.3 is 0 Å². The number of amides is 2. The summed E-state index contributed by atoms with van der Waals surface area (Å²) in [5, 5.41) is 13.9. The second kappa shape index (κ2) is 9.77. The van der Waals surface area contributed by atoms with Gasteiger partial charge in [0.05, 0.1) is 12.8 Å². The van der Waals surface area contributed by atoms with E-state index < -0.39 is 0 Å². The summed E-state index contributed by atoms with van der Waals surface area (Å²) in [6.07, 6.45) is 0.606. The Hall–Kier alpha value is -2.89. The van der Waals surface area contributed by atoms with Crippen LogP contribution in [0.5, 0.6) is 0 Å². The van der Waals surface area contributed by atoms with E-state index >= 15 is 0 Å². The molecular formula is C23H30N8O2S. The van der Waals surface area contributed by atoms with Gasteiger partial charge in [0.15, 0.2) is 5.82 Å². The Morgan fingerprint density at radius 1 is 0.794 bits per heavy atom. The molecule has 2 fully saturated rings. The van der Waals surface area contributed by atoms with Crippen molar-refractivity contribution < 1.29 is 9.59 Å². The van der Waals surface area contributed by atoms with E-state index in [1.54, 1.807) is 4.52 Å². The van der Waals surface area contributed by atoms with Gasteiger partial charge in [-0.05, 0) is 19.7 Å². The van der Waals surface area contributed by atoms with Crippen LogP contribution < -0.4 is 0 Å². The molecule has 2 saturated heterocycles. The van der Waals surface area contributed by atoms with Gasteiger partial charge in [0.1, 0.15) is 5.01 Å². The van der Waals surface area contributed by atoms with Crippen LogP contribution in [0.1, 0.15) is 11.4 Å². The average Bonchev–Trinajstić information content (AvgIpc) is 3.42. The number of carbonyl (C=O) groups excluding carboxylic acids is 2. The summed E-state index contributed by atoms with van der Waals surface area (Å²) in [5.41, 5.74) is 1.96. The predicted molar refractivity (Wildman–Crippen MR) is 130 cm³/mol. The highest BCUT2D eigenvalue weighted by Crippen LogP contribution is 2.26. The highest BCUT2D eigenvalue weighted by atomic mass is 32.1. The van der Waals surface area contributed by atoms with Crippen molar-refractivity contribution in [3.05, 3.63) is 35.7 Å². The van der Waals surface area contributed by atoms with Crippen molar-refractivity contribution in [3.63, 3.8) is 0 Å². The van der Waals surface area contributed by atoms with Gasteiger partial charge in [-0.2, -0.15) is 9.61 Å². The first-order valence-corrected chi connectivity index (χ1v) is 12.5. The number of hydrogen-bond acceptors (Lipinski definition) is 8. The summed E-state index contributed by atoms with van der Waals surface area (Å²) in [6, 6.07) is 7.97. The Labute approximate surface area is 202 Å². The van der Waals surface area contributed by atoms with E-state index in [2.05, 4.69) is 39.2 Å². The number of likely N-dealkylation sites (N-methyl/N-ethyl adjacent to an activating group) is 2. The van der Waals surface area contributed by atoms with Crippen LogP contribution in [-0.2, 0) is 22.4 Å². The molecule has 0 atom stereocenters. The summed E-state index contributed by atoms with van der Waals surface area (Å²) >= 11 is 1.44. The van der Waals surface area contributed by atoms with E-state index in [0.29, 0.717) is 17.2 Å². The molecule has 180 valence electrons. The number of nitrogens with zero attached hydrogens (tertiary/aromatic N) is 8. The van der Waals surface area contributed by atoms with E-state index in [4.69, 9.17) is 0 Å². The minimum absolute atomic E-state index is 0.0614. The van der Waals surface area contributed by atoms with Crippen molar-refractivity contribution in [3.8, 4) is 10.6 Å². The third-order valence-electron chi connectivity index (χ3n) is 6.63. The predicted octanol–water partition coefficient (Wildman–Crippen LogP) is 0.486. The molecule has 0 radical (unpaired) electrons. The van der Waals surface area contributed by atoms with Gasteiger partial charge in [0.25, 0.3) is 0 Å². The molecule has 5 rings (SSSR count). The largest absolute Gasteiger partial charge is 0.340 e. The molecule has 0 aliphatic carbocycles. The number of piperazine rings is 2. The lowest BCUT2D eigenvalue weighted by Gasteiger charge is -2.32. The zero-order valence-electron chi connectivity index (χ0n) is 19.7. The first-order valence-electron chi connectivity index (χ1n) is 11.7. The van der Waals surface area contributed by atoms with E-state index in [9.17, 15) is 9.59 Å². The third-order valence-corrected chi connectivity index (χ3v) is 7.58. The van der Waals surface area contributed by atoms with Gasteiger partial charge in [0, 0.05) is 57.9 Å². The van der Waals surface area contributed by atoms with Crippen LogP contribution in [0, 0.1) is 0 Å². The maximum absolute atomic E-state index is 12.7. The van der Waals surface area contributed by atoms with Gasteiger partial charge < -0.3 is 19.6 Å². The smallest absolute Gasteiger partial charge is 0.234 e. The normalized spacial score (nSPS) is 18.1. The molecule has 0 N–H and O–H groups in total. The zero-order valence-corrected chi connectivity index (χ0v) is 20.5. The fraction of sp³-hybridized carbons (Fsp3) is 0.522. The minimum atomic E-state index is 0.0614. The molecule has 2 aliphatic rings. The minimum Gasteiger partial charge on any atom is -0.340 e. The quantitative estimate of drug-likeness (QED) is 0.523. The second-order valence-corrected chi connectivity index (χ2v) is 10.1. The molecule has 11 heteroatoms. The number of rotatable bonds is 5. The lowest BCUT2D eigenvalue weighted by molar-refractivity contribution is -0.132. The van der Waals surface area contributed by atoms with Crippen molar-refractivity contribution in [2.24, 2.45) is 0 Å². The van der Waals surface area contributed by atoms with Gasteiger partial charge in [-0.3, -0.25) is 9.59 Å². The Morgan fingerprint density at radius 3 is 1.94 bits per heavy atom. The van der Waals surface area contributed by atoms with Crippen molar-refractivity contribution in [1.29, 1.82) is 0 Å². The molecule has 4 heterocycles. The summed E-state index contributed by atoms with van der Waals surface area (Å²) in [4.78, 5) is 34.3. The summed E-state index contributed by atoms with van der Waals surface area (Å²) in [6.45, 7) is 6.69. The number of benzene rings is 1. The Morgan fingerprint density at radius 2 is 1.35 bits per heavy atom. The maximum atomic E-state index is 12.7. The van der Waals surface area contributed by atoms with Crippen LogP contribution in [0.3, 0.4) is 0 Å². The molecule has 0 bridgehead atoms. The number of hydrogen-bond donors (Lipinski definition) is 0. The highest BCUT2D eigenvalue weighted by molar-refractivity contribution is 7.19. The fourth-order valence-corrected chi connectivity index (χ4v) is 5.16. The van der Waals surface area contributed by atoms with E-state index in [1.165, 1.54) is 11.3 Å². The molecule has 2 amide bonds. The molecule has 0 spiro atoms. The first-order chi connectivity index (χ1) is 16.5. The SMILES string of the molecule is CN1CCN(C(=O)Cc2ccc(-c3nn4c(CC(=O)N5CCN(C)CC5)nnc4s3)cc2)CC1. The maximum Gasteiger partial charge on any atom is 0.234 e. The van der Waals surface area contributed by atoms with Crippen LogP contribution >= 0.6 is 11.3 Å². The summed E-state index contributed by atoms with van der Waals surface area (Å²) < 4.78 is 1.68. The summed E-state index contributed by atoms with van der Waals surface area (Å²) in [5.74, 6) is 0.802. The average molecular weight is 483 g/mol. The highest BCUT2D eigenvalue weighted by Gasteiger charge is 2.23. The Bertz CT molecular complexity index is 1160. The van der Waals surface area contributed by atoms with Gasteiger partial charge in [0.2, 0.25) is 16.8 Å². The molecule has 34 heavy (non-hydrogen) atoms. The molecule has 0 saturated carbocycles. The van der Waals surface area contributed by atoms with Crippen LogP contribution in [0.2, 0.25) is 0 Å². The van der Waals surface area contributed by atoms with Crippen molar-refractivity contribution in [2.75, 3.05) is 66.5 Å². The van der Waals surface area contributed by atoms with Crippen molar-refractivity contribution >= 4 is 28.1 Å². The molecular weight excluding hydrogens is 452 g/mol. The number of carbonyl (C=O) groups is 2. The first kappa shape index (κ1) is 22.9. The van der Waals surface area contributed by atoms with Crippen LogP contribution in [0.25, 0.3) is 15.5 Å². The van der Waals surface area contributed by atoms with E-state index in [-0.39, 0.29) is 18.2 Å². The van der Waals surface area contributed by atoms with Crippen molar-refractivity contribution in [2.45, 2.75) is 12.8 Å². The van der Waals surface area contributed by atoms with Crippen LogP contribution in [-0.4, -0.2) is 118 Å². The monoisotopic (exact) mass is 482 g/mol. The Balaban J connectivity index is 1.23. The molecule has 2 aromatic heterocycles. The lowest BCUT2D eigenvalue weighted by atomic mass is 10.1. The van der Waals surface area contributed by atoms with E-state index in [1.807, 2.05) is 34.1 Å². The zero-order chi connectivity index (χ0) is 23.7. The molecule has 1 aromatic carbocycles. The standard InChI is InChI=1S/C23H30N8O2S/c1-27-7-11-29(12-8-27)20(32)15-17-3-5-18(6-4-17)22-26-31-19(24-25-23(31)34-22)16-21(33)30-13-9-28(2)10-14-30/h3-6H,7-16H2,1-2H3. The van der Waals surface area contributed by atoms with Gasteiger partial charge in [-0.15, -0.1) is 10.2 Å². The fourth-order valence-electron chi connectivity index (χ4n) is 4.29. The van der Waals surface area contributed by atoms with Crippen LogP contribution in [0.15, 0.2) is 24.3 Å². The van der Waals surface area contributed by atoms with Crippen molar-refractivity contribution in [1.82, 2.24) is 39.4 Å². The second-order valence-electron chi connectivity index (χ2n) is 9.14. The van der Waals surface area contributed by atoms with E-state index in [0.717, 1.165) is 68.5 Å². The van der Waals surface area contributed by atoms with Gasteiger partial charge in [-0.25, -0.2) is 0 Å². The lowest BCUT2D eigenvalue weighted by Crippen LogP contribution is -2.47. The summed E-state index contributed by atoms with van der Waals surface area (Å²) in [7, 11) is 4.15. The molecule has 0 unspecified atom stereocenters. The van der Waals surface area contributed by atoms with Crippen LogP contribution in [0.4, 0.5) is 0 Å². The molecule has 10 nitrogen and oxygen atoms in total.